The molecule has 6 rings (SSSR count). The molecule has 2 saturated carbocycles. The molecular weight excluding hydrogens is 448 g/mol. The number of rotatable bonds is 6. The number of nitrogens with two attached hydrogens (primary N) is 1. The van der Waals surface area contributed by atoms with Crippen LogP contribution < -0.4 is 11.1 Å². The number of ether oxygens (including phenoxy) is 1. The predicted octanol–water partition coefficient (Wildman–Crippen LogP) is 7.33. The van der Waals surface area contributed by atoms with Crippen molar-refractivity contribution in [2.24, 2.45) is 5.92 Å². The Balaban J connectivity index is 1.35. The van der Waals surface area contributed by atoms with Crippen molar-refractivity contribution in [2.45, 2.75) is 58.1 Å². The van der Waals surface area contributed by atoms with Gasteiger partial charge in [-0.1, -0.05) is 30.3 Å². The molecule has 6 heteroatoms. The number of pyridine rings is 1. The SMILES string of the molecule is Cc1cccnc1-c1ccc2c(N)c(-c3ccc(NC(=O)O[C@H](C)C4CC4)cc3)n(C3CCC3)c2c1. The predicted molar refractivity (Wildman–Crippen MR) is 145 cm³/mol. The number of nitrogens with one attached hydrogen (secondary N) is 1. The Kier molecular flexibility index (Phi) is 5.67. The molecule has 2 aliphatic rings. The van der Waals surface area contributed by atoms with E-state index in [1.807, 2.05) is 43.5 Å². The van der Waals surface area contributed by atoms with Gasteiger partial charge in [0.1, 0.15) is 6.10 Å². The van der Waals surface area contributed by atoms with Crippen molar-refractivity contribution in [3.63, 3.8) is 0 Å². The zero-order valence-corrected chi connectivity index (χ0v) is 20.8. The highest BCUT2D eigenvalue weighted by Crippen LogP contribution is 2.45. The number of nitrogens with zero attached hydrogens (tertiary/aromatic N) is 2. The summed E-state index contributed by atoms with van der Waals surface area (Å²) in [5.74, 6) is 0.511. The van der Waals surface area contributed by atoms with Crippen LogP contribution in [-0.4, -0.2) is 21.7 Å². The summed E-state index contributed by atoms with van der Waals surface area (Å²) in [7, 11) is 0. The molecule has 0 unspecified atom stereocenters. The lowest BCUT2D eigenvalue weighted by molar-refractivity contribution is 0.108. The van der Waals surface area contributed by atoms with Crippen molar-refractivity contribution in [3.8, 4) is 22.5 Å². The number of hydrogen-bond acceptors (Lipinski definition) is 4. The molecule has 0 radical (unpaired) electrons. The fraction of sp³-hybridized carbons (Fsp3) is 0.333. The zero-order valence-electron chi connectivity index (χ0n) is 20.8. The first kappa shape index (κ1) is 22.7. The average molecular weight is 481 g/mol. The van der Waals surface area contributed by atoms with Gasteiger partial charge in [0, 0.05) is 34.4 Å². The summed E-state index contributed by atoms with van der Waals surface area (Å²) in [4.78, 5) is 16.9. The van der Waals surface area contributed by atoms with Crippen molar-refractivity contribution < 1.29 is 9.53 Å². The summed E-state index contributed by atoms with van der Waals surface area (Å²) >= 11 is 0. The molecule has 2 aromatic heterocycles. The van der Waals surface area contributed by atoms with Gasteiger partial charge in [-0.3, -0.25) is 10.3 Å². The number of carbonyl (C=O) groups is 1. The maximum absolute atomic E-state index is 12.3. The van der Waals surface area contributed by atoms with Crippen molar-refractivity contribution >= 4 is 28.4 Å². The molecule has 184 valence electrons. The Labute approximate surface area is 211 Å². The van der Waals surface area contributed by atoms with E-state index < -0.39 is 6.09 Å². The molecule has 0 saturated heterocycles. The maximum Gasteiger partial charge on any atom is 0.411 e. The van der Waals surface area contributed by atoms with Crippen molar-refractivity contribution in [3.05, 3.63) is 66.4 Å². The fourth-order valence-corrected chi connectivity index (χ4v) is 5.28. The van der Waals surface area contributed by atoms with Crippen LogP contribution in [0.2, 0.25) is 0 Å². The van der Waals surface area contributed by atoms with Crippen LogP contribution in [0, 0.1) is 12.8 Å². The van der Waals surface area contributed by atoms with Crippen molar-refractivity contribution in [1.29, 1.82) is 0 Å². The van der Waals surface area contributed by atoms with Gasteiger partial charge in [0.15, 0.2) is 0 Å². The third kappa shape index (κ3) is 4.11. The average Bonchev–Trinajstić information content (AvgIpc) is 3.65. The number of fused-ring (bicyclic) bond motifs is 1. The van der Waals surface area contributed by atoms with E-state index in [-0.39, 0.29) is 6.10 Å². The van der Waals surface area contributed by atoms with Crippen LogP contribution >= 0.6 is 0 Å². The summed E-state index contributed by atoms with van der Waals surface area (Å²) in [6.45, 7) is 4.05. The standard InChI is InChI=1S/C30H32N4O2/c1-18-5-4-16-32-28(18)22-12-15-25-26(17-22)34(24-6-3-7-24)29(27(25)31)21-10-13-23(14-11-21)33-30(35)36-19(2)20-8-9-20/h4-5,10-17,19-20,24H,3,6-9,31H2,1-2H3,(H,33,35)/t19-/m1/s1. The molecule has 6 nitrogen and oxygen atoms in total. The number of hydrogen-bond donors (Lipinski definition) is 2. The smallest absolute Gasteiger partial charge is 0.411 e. The van der Waals surface area contributed by atoms with Gasteiger partial charge in [-0.25, -0.2) is 4.79 Å². The quantitative estimate of drug-likeness (QED) is 0.303. The van der Waals surface area contributed by atoms with E-state index >= 15 is 0 Å². The van der Waals surface area contributed by atoms with Gasteiger partial charge >= 0.3 is 6.09 Å². The van der Waals surface area contributed by atoms with Gasteiger partial charge in [-0.2, -0.15) is 0 Å². The first-order chi connectivity index (χ1) is 17.5. The van der Waals surface area contributed by atoms with Crippen molar-refractivity contribution in [1.82, 2.24) is 9.55 Å². The lowest BCUT2D eigenvalue weighted by atomic mass is 9.92. The third-order valence-electron chi connectivity index (χ3n) is 7.75. The lowest BCUT2D eigenvalue weighted by Crippen LogP contribution is -2.21. The molecule has 3 N–H and O–H groups in total. The van der Waals surface area contributed by atoms with Crippen molar-refractivity contribution in [2.75, 3.05) is 11.1 Å². The number of benzene rings is 2. The van der Waals surface area contributed by atoms with Crippen LogP contribution in [-0.2, 0) is 4.74 Å². The summed E-state index contributed by atoms with van der Waals surface area (Å²) in [6.07, 6.45) is 7.21. The molecule has 0 spiro atoms. The molecule has 1 amide bonds. The van der Waals surface area contributed by atoms with E-state index in [4.69, 9.17) is 10.5 Å². The van der Waals surface area contributed by atoms with E-state index in [9.17, 15) is 4.79 Å². The molecule has 0 aliphatic heterocycles. The second-order valence-corrected chi connectivity index (χ2v) is 10.3. The molecule has 2 fully saturated rings. The van der Waals surface area contributed by atoms with E-state index in [1.165, 1.54) is 6.42 Å². The highest BCUT2D eigenvalue weighted by molar-refractivity contribution is 6.02. The van der Waals surface area contributed by atoms with Gasteiger partial charge < -0.3 is 15.0 Å². The van der Waals surface area contributed by atoms with Gasteiger partial charge in [-0.05, 0) is 81.7 Å². The summed E-state index contributed by atoms with van der Waals surface area (Å²) < 4.78 is 7.92. The first-order valence-corrected chi connectivity index (χ1v) is 12.9. The van der Waals surface area contributed by atoms with Gasteiger partial charge in [0.05, 0.1) is 22.6 Å². The second kappa shape index (κ2) is 9.01. The van der Waals surface area contributed by atoms with Crippen LogP contribution in [0.1, 0.15) is 50.6 Å². The highest BCUT2D eigenvalue weighted by Gasteiger charge is 2.31. The molecule has 2 aliphatic carbocycles. The Hall–Kier alpha value is -3.80. The van der Waals surface area contributed by atoms with E-state index in [0.29, 0.717) is 17.6 Å². The first-order valence-electron chi connectivity index (χ1n) is 12.9. The second-order valence-electron chi connectivity index (χ2n) is 10.3. The monoisotopic (exact) mass is 480 g/mol. The Bertz CT molecular complexity index is 1430. The normalized spacial score (nSPS) is 16.5. The van der Waals surface area contributed by atoms with Crippen LogP contribution in [0.4, 0.5) is 16.2 Å². The Morgan fingerprint density at radius 2 is 1.83 bits per heavy atom. The molecule has 36 heavy (non-hydrogen) atoms. The highest BCUT2D eigenvalue weighted by atomic mass is 16.6. The molecule has 0 bridgehead atoms. The van der Waals surface area contributed by atoms with Gasteiger partial charge in [0.2, 0.25) is 0 Å². The molecule has 2 heterocycles. The third-order valence-corrected chi connectivity index (χ3v) is 7.75. The minimum absolute atomic E-state index is 0.0398. The van der Waals surface area contributed by atoms with Gasteiger partial charge in [-0.15, -0.1) is 0 Å². The van der Waals surface area contributed by atoms with Crippen LogP contribution in [0.15, 0.2) is 60.8 Å². The summed E-state index contributed by atoms with van der Waals surface area (Å²) in [5, 5.41) is 3.92. The zero-order chi connectivity index (χ0) is 24.8. The molecular formula is C30H32N4O2. The van der Waals surface area contributed by atoms with E-state index in [1.54, 1.807) is 0 Å². The number of aromatic nitrogens is 2. The molecule has 4 aromatic rings. The number of anilines is 2. The van der Waals surface area contributed by atoms with Crippen LogP contribution in [0.25, 0.3) is 33.4 Å². The van der Waals surface area contributed by atoms with Crippen LogP contribution in [0.3, 0.4) is 0 Å². The van der Waals surface area contributed by atoms with Crippen LogP contribution in [0.5, 0.6) is 0 Å². The topological polar surface area (TPSA) is 82.2 Å². The number of amides is 1. The molecule has 2 aromatic carbocycles. The molecule has 1 atom stereocenters. The minimum Gasteiger partial charge on any atom is -0.446 e. The summed E-state index contributed by atoms with van der Waals surface area (Å²) in [6, 6.07) is 18.9. The summed E-state index contributed by atoms with van der Waals surface area (Å²) in [5.41, 5.74) is 14.8. The Morgan fingerprint density at radius 1 is 1.08 bits per heavy atom. The largest absolute Gasteiger partial charge is 0.446 e. The fourth-order valence-electron chi connectivity index (χ4n) is 5.28. The maximum atomic E-state index is 12.3. The van der Waals surface area contributed by atoms with E-state index in [2.05, 4.69) is 46.1 Å². The Morgan fingerprint density at radius 3 is 2.50 bits per heavy atom. The van der Waals surface area contributed by atoms with E-state index in [0.717, 1.165) is 70.4 Å². The van der Waals surface area contributed by atoms with Gasteiger partial charge in [0.25, 0.3) is 0 Å². The number of carbonyl (C=O) groups excluding carboxylic acids is 1. The number of aryl methyl sites for hydroxylation is 1. The number of nitrogen functional groups attached to an aromatic ring is 1. The lowest BCUT2D eigenvalue weighted by Gasteiger charge is -2.30. The minimum atomic E-state index is -0.400.